The summed E-state index contributed by atoms with van der Waals surface area (Å²) in [7, 11) is 0. The fourth-order valence-electron chi connectivity index (χ4n) is 3.05. The molecule has 17 heavy (non-hydrogen) atoms. The van der Waals surface area contributed by atoms with Gasteiger partial charge in [0.2, 0.25) is 0 Å². The zero-order valence-electron chi connectivity index (χ0n) is 11.4. The van der Waals surface area contributed by atoms with Crippen LogP contribution in [0.25, 0.3) is 0 Å². The van der Waals surface area contributed by atoms with E-state index in [1.54, 1.807) is 0 Å². The zero-order chi connectivity index (χ0) is 12.5. The number of ether oxygens (including phenoxy) is 2. The van der Waals surface area contributed by atoms with E-state index < -0.39 is 0 Å². The summed E-state index contributed by atoms with van der Waals surface area (Å²) >= 11 is 0. The minimum absolute atomic E-state index is 0.0816. The maximum atomic E-state index is 10.4. The van der Waals surface area contributed by atoms with E-state index in [0.717, 1.165) is 38.9 Å². The largest absolute Gasteiger partial charge is 0.393 e. The van der Waals surface area contributed by atoms with Crippen molar-refractivity contribution in [2.45, 2.75) is 58.2 Å². The Kier molecular flexibility index (Phi) is 3.81. The highest BCUT2D eigenvalue weighted by atomic mass is 16.6. The van der Waals surface area contributed by atoms with E-state index in [1.165, 1.54) is 0 Å². The number of aliphatic hydroxyl groups is 1. The van der Waals surface area contributed by atoms with Gasteiger partial charge in [0.25, 0.3) is 0 Å². The lowest BCUT2D eigenvalue weighted by molar-refractivity contribution is -0.119. The van der Waals surface area contributed by atoms with Crippen LogP contribution in [0, 0.1) is 11.3 Å². The van der Waals surface area contributed by atoms with E-state index in [2.05, 4.69) is 20.8 Å². The normalized spacial score (nSPS) is 36.4. The molecule has 3 heteroatoms. The Labute approximate surface area is 104 Å². The van der Waals surface area contributed by atoms with Gasteiger partial charge in [0, 0.05) is 19.6 Å². The molecule has 3 nitrogen and oxygen atoms in total. The highest BCUT2D eigenvalue weighted by molar-refractivity contribution is 4.92. The maximum Gasteiger partial charge on any atom is 0.0940 e. The number of aliphatic hydroxyl groups excluding tert-OH is 1. The third-order valence-electron chi connectivity index (χ3n) is 3.96. The first-order chi connectivity index (χ1) is 7.90. The molecule has 0 aromatic carbocycles. The Morgan fingerprint density at radius 2 is 2.12 bits per heavy atom. The number of hydrogen-bond donors (Lipinski definition) is 1. The van der Waals surface area contributed by atoms with Crippen molar-refractivity contribution in [2.75, 3.05) is 19.8 Å². The van der Waals surface area contributed by atoms with Crippen molar-refractivity contribution in [3.05, 3.63) is 0 Å². The molecule has 0 radical (unpaired) electrons. The van der Waals surface area contributed by atoms with E-state index in [9.17, 15) is 5.11 Å². The molecule has 0 aliphatic carbocycles. The smallest absolute Gasteiger partial charge is 0.0940 e. The third-order valence-corrected chi connectivity index (χ3v) is 3.96. The Balaban J connectivity index is 1.92. The first-order valence-electron chi connectivity index (χ1n) is 6.80. The summed E-state index contributed by atoms with van der Waals surface area (Å²) in [4.78, 5) is 0. The Bertz CT molecular complexity index is 251. The van der Waals surface area contributed by atoms with Crippen molar-refractivity contribution in [3.63, 3.8) is 0 Å². The molecule has 2 aliphatic rings. The fraction of sp³-hybridized carbons (Fsp3) is 1.00. The van der Waals surface area contributed by atoms with Crippen LogP contribution >= 0.6 is 0 Å². The lowest BCUT2D eigenvalue weighted by Crippen LogP contribution is -2.44. The molecule has 0 aromatic heterocycles. The monoisotopic (exact) mass is 242 g/mol. The first-order valence-corrected chi connectivity index (χ1v) is 6.80. The van der Waals surface area contributed by atoms with Gasteiger partial charge in [-0.15, -0.1) is 0 Å². The SMILES string of the molecule is CC(C)(C)CC(O)C1CCOC2(CCOC2)C1. The molecular formula is C14H26O3. The van der Waals surface area contributed by atoms with Gasteiger partial charge < -0.3 is 14.6 Å². The van der Waals surface area contributed by atoms with Crippen molar-refractivity contribution < 1.29 is 14.6 Å². The van der Waals surface area contributed by atoms with Gasteiger partial charge >= 0.3 is 0 Å². The van der Waals surface area contributed by atoms with Gasteiger partial charge in [-0.25, -0.2) is 0 Å². The molecule has 1 N–H and O–H groups in total. The summed E-state index contributed by atoms with van der Waals surface area (Å²) in [5.41, 5.74) is 0.110. The van der Waals surface area contributed by atoms with Gasteiger partial charge in [0.15, 0.2) is 0 Å². The second kappa shape index (κ2) is 4.87. The van der Waals surface area contributed by atoms with E-state index in [-0.39, 0.29) is 17.1 Å². The van der Waals surface area contributed by atoms with Gasteiger partial charge in [0.1, 0.15) is 0 Å². The van der Waals surface area contributed by atoms with Gasteiger partial charge in [-0.1, -0.05) is 20.8 Å². The molecule has 2 rings (SSSR count). The molecule has 100 valence electrons. The van der Waals surface area contributed by atoms with Crippen LogP contribution in [-0.2, 0) is 9.47 Å². The van der Waals surface area contributed by atoms with Crippen molar-refractivity contribution in [3.8, 4) is 0 Å². The Morgan fingerprint density at radius 1 is 1.35 bits per heavy atom. The molecule has 3 atom stereocenters. The molecular weight excluding hydrogens is 216 g/mol. The predicted octanol–water partition coefficient (Wildman–Crippen LogP) is 2.37. The van der Waals surface area contributed by atoms with Crippen LogP contribution < -0.4 is 0 Å². The molecule has 2 heterocycles. The van der Waals surface area contributed by atoms with Crippen LogP contribution in [0.1, 0.15) is 46.5 Å². The average molecular weight is 242 g/mol. The van der Waals surface area contributed by atoms with Crippen LogP contribution in [0.5, 0.6) is 0 Å². The Morgan fingerprint density at radius 3 is 2.71 bits per heavy atom. The molecule has 0 bridgehead atoms. The third kappa shape index (κ3) is 3.43. The van der Waals surface area contributed by atoms with Gasteiger partial charge in [0.05, 0.1) is 18.3 Å². The van der Waals surface area contributed by atoms with Crippen molar-refractivity contribution in [1.82, 2.24) is 0 Å². The summed E-state index contributed by atoms with van der Waals surface area (Å²) in [6.07, 6.45) is 3.61. The zero-order valence-corrected chi connectivity index (χ0v) is 11.4. The highest BCUT2D eigenvalue weighted by Gasteiger charge is 2.43. The molecule has 0 saturated carbocycles. The quantitative estimate of drug-likeness (QED) is 0.808. The van der Waals surface area contributed by atoms with E-state index >= 15 is 0 Å². The van der Waals surface area contributed by atoms with Crippen LogP contribution in [0.2, 0.25) is 0 Å². The summed E-state index contributed by atoms with van der Waals surface area (Å²) < 4.78 is 11.4. The average Bonchev–Trinajstić information content (AvgIpc) is 2.64. The van der Waals surface area contributed by atoms with E-state index in [0.29, 0.717) is 12.5 Å². The second-order valence-electron chi connectivity index (χ2n) is 6.92. The number of rotatable bonds is 2. The van der Waals surface area contributed by atoms with Crippen LogP contribution in [-0.4, -0.2) is 36.6 Å². The molecule has 2 saturated heterocycles. The van der Waals surface area contributed by atoms with Crippen LogP contribution in [0.3, 0.4) is 0 Å². The molecule has 0 aromatic rings. The van der Waals surface area contributed by atoms with E-state index in [4.69, 9.17) is 9.47 Å². The highest BCUT2D eigenvalue weighted by Crippen LogP contribution is 2.39. The molecule has 2 fully saturated rings. The van der Waals surface area contributed by atoms with Crippen LogP contribution in [0.15, 0.2) is 0 Å². The maximum absolute atomic E-state index is 10.4. The lowest BCUT2D eigenvalue weighted by atomic mass is 9.77. The first kappa shape index (κ1) is 13.3. The van der Waals surface area contributed by atoms with E-state index in [1.807, 2.05) is 0 Å². The Hall–Kier alpha value is -0.120. The summed E-state index contributed by atoms with van der Waals surface area (Å²) in [6, 6.07) is 0. The molecule has 3 unspecified atom stereocenters. The molecule has 0 amide bonds. The molecule has 1 spiro atoms. The minimum atomic E-state index is -0.198. The lowest BCUT2D eigenvalue weighted by Gasteiger charge is -2.40. The summed E-state index contributed by atoms with van der Waals surface area (Å²) in [5.74, 6) is 0.379. The molecule has 2 aliphatic heterocycles. The van der Waals surface area contributed by atoms with Crippen molar-refractivity contribution in [2.24, 2.45) is 11.3 Å². The van der Waals surface area contributed by atoms with Gasteiger partial charge in [-0.05, 0) is 30.6 Å². The fourth-order valence-corrected chi connectivity index (χ4v) is 3.05. The van der Waals surface area contributed by atoms with Gasteiger partial charge in [-0.3, -0.25) is 0 Å². The summed E-state index contributed by atoms with van der Waals surface area (Å²) in [5, 5.41) is 10.4. The van der Waals surface area contributed by atoms with Gasteiger partial charge in [-0.2, -0.15) is 0 Å². The summed E-state index contributed by atoms with van der Waals surface area (Å²) in [6.45, 7) is 8.85. The minimum Gasteiger partial charge on any atom is -0.393 e. The van der Waals surface area contributed by atoms with Crippen LogP contribution in [0.4, 0.5) is 0 Å². The van der Waals surface area contributed by atoms with Crippen molar-refractivity contribution >= 4 is 0 Å². The topological polar surface area (TPSA) is 38.7 Å². The predicted molar refractivity (Wildman–Crippen MR) is 66.9 cm³/mol. The van der Waals surface area contributed by atoms with Crippen molar-refractivity contribution in [1.29, 1.82) is 0 Å². The second-order valence-corrected chi connectivity index (χ2v) is 6.92. The standard InChI is InChI=1S/C14H26O3/c1-13(2,3)9-12(15)11-4-6-17-14(8-11)5-7-16-10-14/h11-12,15H,4-10H2,1-3H3. The number of hydrogen-bond acceptors (Lipinski definition) is 3.